The molecular formula is C17H19N3O6. The summed E-state index contributed by atoms with van der Waals surface area (Å²) in [5.74, 6) is -1.30. The van der Waals surface area contributed by atoms with Crippen molar-refractivity contribution in [1.82, 2.24) is 13.9 Å². The van der Waals surface area contributed by atoms with E-state index >= 15 is 0 Å². The summed E-state index contributed by atoms with van der Waals surface area (Å²) in [5.41, 5.74) is -0.561. The summed E-state index contributed by atoms with van der Waals surface area (Å²) in [5, 5.41) is 0. The van der Waals surface area contributed by atoms with Gasteiger partial charge in [0, 0.05) is 6.54 Å². The SMILES string of the molecule is COC(=O)C1CCCn2c(=O)n(CC(=O)OCc3ccccc3)c(=O)n21. The van der Waals surface area contributed by atoms with Crippen molar-refractivity contribution in [3.63, 3.8) is 0 Å². The molecule has 26 heavy (non-hydrogen) atoms. The van der Waals surface area contributed by atoms with Crippen LogP contribution in [0.2, 0.25) is 0 Å². The Morgan fingerprint density at radius 3 is 2.58 bits per heavy atom. The van der Waals surface area contributed by atoms with Gasteiger partial charge in [-0.2, -0.15) is 0 Å². The van der Waals surface area contributed by atoms with E-state index in [0.29, 0.717) is 19.4 Å². The lowest BCUT2D eigenvalue weighted by molar-refractivity contribution is -0.146. The maximum absolute atomic E-state index is 12.6. The molecule has 138 valence electrons. The van der Waals surface area contributed by atoms with Gasteiger partial charge in [0.15, 0.2) is 6.04 Å². The fraction of sp³-hybridized carbons (Fsp3) is 0.412. The maximum Gasteiger partial charge on any atom is 0.348 e. The summed E-state index contributed by atoms with van der Waals surface area (Å²) < 4.78 is 12.9. The minimum absolute atomic E-state index is 0.0497. The first-order chi connectivity index (χ1) is 12.5. The van der Waals surface area contributed by atoms with Gasteiger partial charge >= 0.3 is 23.3 Å². The molecule has 0 aliphatic carbocycles. The number of esters is 2. The Morgan fingerprint density at radius 2 is 1.88 bits per heavy atom. The molecule has 1 aromatic carbocycles. The third-order valence-corrected chi connectivity index (χ3v) is 4.28. The number of carbonyl (C=O) groups excluding carboxylic acids is 2. The van der Waals surface area contributed by atoms with E-state index in [2.05, 4.69) is 0 Å². The van der Waals surface area contributed by atoms with Crippen LogP contribution < -0.4 is 11.4 Å². The molecule has 0 saturated heterocycles. The molecule has 0 spiro atoms. The van der Waals surface area contributed by atoms with Gasteiger partial charge in [-0.3, -0.25) is 4.79 Å². The van der Waals surface area contributed by atoms with E-state index in [1.165, 1.54) is 11.8 Å². The summed E-state index contributed by atoms with van der Waals surface area (Å²) >= 11 is 0. The monoisotopic (exact) mass is 361 g/mol. The van der Waals surface area contributed by atoms with Gasteiger partial charge < -0.3 is 9.47 Å². The molecule has 0 amide bonds. The fourth-order valence-corrected chi connectivity index (χ4v) is 3.00. The van der Waals surface area contributed by atoms with Crippen molar-refractivity contribution in [3.05, 3.63) is 56.9 Å². The molecule has 3 rings (SSSR count). The number of benzene rings is 1. The van der Waals surface area contributed by atoms with Crippen LogP contribution in [-0.2, 0) is 38.8 Å². The first-order valence-corrected chi connectivity index (χ1v) is 8.22. The van der Waals surface area contributed by atoms with Crippen LogP contribution in [0.4, 0.5) is 0 Å². The number of hydrogen-bond acceptors (Lipinski definition) is 6. The fourth-order valence-electron chi connectivity index (χ4n) is 3.00. The van der Waals surface area contributed by atoms with Crippen LogP contribution >= 0.6 is 0 Å². The first-order valence-electron chi connectivity index (χ1n) is 8.22. The summed E-state index contributed by atoms with van der Waals surface area (Å²) in [4.78, 5) is 48.9. The molecule has 2 heterocycles. The second-order valence-corrected chi connectivity index (χ2v) is 5.95. The normalized spacial score (nSPS) is 16.0. The van der Waals surface area contributed by atoms with Crippen LogP contribution in [0.15, 0.2) is 39.9 Å². The van der Waals surface area contributed by atoms with Crippen molar-refractivity contribution in [2.24, 2.45) is 0 Å². The lowest BCUT2D eigenvalue weighted by Gasteiger charge is -2.22. The number of fused-ring (bicyclic) bond motifs is 1. The van der Waals surface area contributed by atoms with Crippen LogP contribution in [-0.4, -0.2) is 33.0 Å². The van der Waals surface area contributed by atoms with Gasteiger partial charge in [-0.05, 0) is 18.4 Å². The van der Waals surface area contributed by atoms with Crippen molar-refractivity contribution in [2.75, 3.05) is 7.11 Å². The molecule has 9 heteroatoms. The highest BCUT2D eigenvalue weighted by Crippen LogP contribution is 2.18. The van der Waals surface area contributed by atoms with Gasteiger partial charge in [-0.25, -0.2) is 28.3 Å². The van der Waals surface area contributed by atoms with E-state index in [1.807, 2.05) is 18.2 Å². The molecule has 0 fully saturated rings. The third-order valence-electron chi connectivity index (χ3n) is 4.28. The Labute approximate surface area is 148 Å². The number of rotatable bonds is 5. The summed E-state index contributed by atoms with van der Waals surface area (Å²) in [6.07, 6.45) is 0.954. The number of hydrogen-bond donors (Lipinski definition) is 0. The molecule has 9 nitrogen and oxygen atoms in total. The van der Waals surface area contributed by atoms with E-state index in [-0.39, 0.29) is 6.61 Å². The highest BCUT2D eigenvalue weighted by molar-refractivity contribution is 5.74. The molecule has 0 radical (unpaired) electrons. The molecule has 1 atom stereocenters. The Hall–Kier alpha value is -3.10. The van der Waals surface area contributed by atoms with E-state index in [1.54, 1.807) is 12.1 Å². The number of carbonyl (C=O) groups is 2. The minimum atomic E-state index is -0.865. The standard InChI is InChI=1S/C17H19N3O6/c1-25-15(22)13-8-5-9-19-16(23)18(17(24)20(13)19)10-14(21)26-11-12-6-3-2-4-7-12/h2-4,6-7,13H,5,8-11H2,1H3. The lowest BCUT2D eigenvalue weighted by Crippen LogP contribution is -2.38. The predicted octanol–water partition coefficient (Wildman–Crippen LogP) is 0.0628. The highest BCUT2D eigenvalue weighted by atomic mass is 16.5. The van der Waals surface area contributed by atoms with Crippen LogP contribution in [0, 0.1) is 0 Å². The van der Waals surface area contributed by atoms with Gasteiger partial charge in [0.2, 0.25) is 0 Å². The second kappa shape index (κ2) is 7.42. The van der Waals surface area contributed by atoms with Crippen LogP contribution in [0.3, 0.4) is 0 Å². The van der Waals surface area contributed by atoms with Crippen molar-refractivity contribution in [1.29, 1.82) is 0 Å². The molecule has 2 aromatic rings. The number of ether oxygens (including phenoxy) is 2. The van der Waals surface area contributed by atoms with Crippen LogP contribution in [0.5, 0.6) is 0 Å². The maximum atomic E-state index is 12.6. The van der Waals surface area contributed by atoms with Gasteiger partial charge in [0.05, 0.1) is 7.11 Å². The number of nitrogens with zero attached hydrogens (tertiary/aromatic N) is 3. The van der Waals surface area contributed by atoms with Crippen molar-refractivity contribution >= 4 is 11.9 Å². The zero-order valence-corrected chi connectivity index (χ0v) is 14.3. The quantitative estimate of drug-likeness (QED) is 0.698. The molecule has 0 bridgehead atoms. The van der Waals surface area contributed by atoms with Gasteiger partial charge in [0.25, 0.3) is 0 Å². The molecule has 1 aliphatic rings. The summed E-state index contributed by atoms with van der Waals surface area (Å²) in [7, 11) is 1.22. The topological polar surface area (TPSA) is 102 Å². The average molecular weight is 361 g/mol. The Kier molecular flexibility index (Phi) is 5.06. The highest BCUT2D eigenvalue weighted by Gasteiger charge is 2.32. The largest absolute Gasteiger partial charge is 0.467 e. The number of aromatic nitrogens is 3. The molecule has 1 aromatic heterocycles. The molecule has 1 unspecified atom stereocenters. The molecule has 0 saturated carbocycles. The predicted molar refractivity (Wildman–Crippen MR) is 89.5 cm³/mol. The van der Waals surface area contributed by atoms with Crippen LogP contribution in [0.25, 0.3) is 0 Å². The van der Waals surface area contributed by atoms with Gasteiger partial charge in [-0.1, -0.05) is 30.3 Å². The van der Waals surface area contributed by atoms with Crippen LogP contribution in [0.1, 0.15) is 24.4 Å². The van der Waals surface area contributed by atoms with Gasteiger partial charge in [-0.15, -0.1) is 0 Å². The first kappa shape index (κ1) is 17.7. The van der Waals surface area contributed by atoms with E-state index in [0.717, 1.165) is 14.8 Å². The van der Waals surface area contributed by atoms with Crippen molar-refractivity contribution in [3.8, 4) is 0 Å². The Morgan fingerprint density at radius 1 is 1.15 bits per heavy atom. The lowest BCUT2D eigenvalue weighted by atomic mass is 10.1. The van der Waals surface area contributed by atoms with Crippen molar-refractivity contribution < 1.29 is 19.1 Å². The minimum Gasteiger partial charge on any atom is -0.467 e. The summed E-state index contributed by atoms with van der Waals surface area (Å²) in [6.45, 7) is -0.160. The van der Waals surface area contributed by atoms with E-state index < -0.39 is 35.9 Å². The summed E-state index contributed by atoms with van der Waals surface area (Å²) in [6, 6.07) is 8.20. The second-order valence-electron chi connectivity index (χ2n) is 5.95. The number of methoxy groups -OCH3 is 1. The smallest absolute Gasteiger partial charge is 0.348 e. The van der Waals surface area contributed by atoms with E-state index in [4.69, 9.17) is 9.47 Å². The van der Waals surface area contributed by atoms with Crippen molar-refractivity contribution in [2.45, 2.75) is 38.6 Å². The Bertz CT molecular complexity index is 924. The molecule has 1 aliphatic heterocycles. The molecule has 0 N–H and O–H groups in total. The molecular weight excluding hydrogens is 342 g/mol. The van der Waals surface area contributed by atoms with Gasteiger partial charge in [0.1, 0.15) is 13.2 Å². The third kappa shape index (κ3) is 3.32. The zero-order valence-electron chi connectivity index (χ0n) is 14.3. The Balaban J connectivity index is 1.80. The zero-order chi connectivity index (χ0) is 18.7. The average Bonchev–Trinajstić information content (AvgIpc) is 2.91. The van der Waals surface area contributed by atoms with E-state index in [9.17, 15) is 19.2 Å².